The van der Waals surface area contributed by atoms with Crippen LogP contribution in [0.3, 0.4) is 0 Å². The Hall–Kier alpha value is -0.650. The van der Waals surface area contributed by atoms with Gasteiger partial charge in [-0.1, -0.05) is 13.8 Å². The standard InChI is InChI=1S/C14H29N3O2/c1-4-14(5-2,12-15)13(18)17-8-6-16(7-9-17)10-11-19-3/h4-12,15H2,1-3H3. The van der Waals surface area contributed by atoms with Crippen molar-refractivity contribution in [1.29, 1.82) is 0 Å². The largest absolute Gasteiger partial charge is 0.383 e. The van der Waals surface area contributed by atoms with Crippen LogP contribution in [0.15, 0.2) is 0 Å². The molecule has 1 heterocycles. The summed E-state index contributed by atoms with van der Waals surface area (Å²) in [4.78, 5) is 17.0. The van der Waals surface area contributed by atoms with Gasteiger partial charge in [-0.2, -0.15) is 0 Å². The number of hydrogen-bond acceptors (Lipinski definition) is 4. The van der Waals surface area contributed by atoms with Gasteiger partial charge in [0, 0.05) is 46.4 Å². The fourth-order valence-corrected chi connectivity index (χ4v) is 2.66. The van der Waals surface area contributed by atoms with Crippen LogP contribution in [-0.4, -0.2) is 68.7 Å². The van der Waals surface area contributed by atoms with Crippen LogP contribution in [-0.2, 0) is 9.53 Å². The van der Waals surface area contributed by atoms with E-state index in [1.807, 2.05) is 4.90 Å². The molecule has 0 saturated carbocycles. The molecule has 1 aliphatic rings. The number of nitrogens with two attached hydrogens (primary N) is 1. The van der Waals surface area contributed by atoms with E-state index < -0.39 is 0 Å². The average molecular weight is 271 g/mol. The molecule has 112 valence electrons. The Morgan fingerprint density at radius 3 is 2.21 bits per heavy atom. The van der Waals surface area contributed by atoms with Crippen LogP contribution in [0.1, 0.15) is 26.7 Å². The summed E-state index contributed by atoms with van der Waals surface area (Å²) in [7, 11) is 1.72. The van der Waals surface area contributed by atoms with Crippen LogP contribution in [0.4, 0.5) is 0 Å². The first-order valence-electron chi connectivity index (χ1n) is 7.34. The Labute approximate surface area is 117 Å². The molecule has 0 aromatic heterocycles. The van der Waals surface area contributed by atoms with Crippen molar-refractivity contribution in [1.82, 2.24) is 9.80 Å². The molecule has 19 heavy (non-hydrogen) atoms. The summed E-state index contributed by atoms with van der Waals surface area (Å²) >= 11 is 0. The fraction of sp³-hybridized carbons (Fsp3) is 0.929. The van der Waals surface area contributed by atoms with Crippen molar-refractivity contribution in [2.24, 2.45) is 11.1 Å². The quantitative estimate of drug-likeness (QED) is 0.734. The van der Waals surface area contributed by atoms with Crippen LogP contribution >= 0.6 is 0 Å². The first-order valence-corrected chi connectivity index (χ1v) is 7.34. The molecule has 0 aromatic rings. The number of piperazine rings is 1. The van der Waals surface area contributed by atoms with Gasteiger partial charge in [0.1, 0.15) is 0 Å². The number of nitrogens with zero attached hydrogens (tertiary/aromatic N) is 2. The van der Waals surface area contributed by atoms with Crippen molar-refractivity contribution in [2.45, 2.75) is 26.7 Å². The second-order valence-corrected chi connectivity index (χ2v) is 5.32. The molecular formula is C14H29N3O2. The maximum Gasteiger partial charge on any atom is 0.230 e. The molecule has 0 atom stereocenters. The highest BCUT2D eigenvalue weighted by molar-refractivity contribution is 5.83. The maximum atomic E-state index is 12.6. The van der Waals surface area contributed by atoms with Gasteiger partial charge in [-0.15, -0.1) is 0 Å². The number of carbonyl (C=O) groups is 1. The molecule has 0 aromatic carbocycles. The normalized spacial score (nSPS) is 17.8. The van der Waals surface area contributed by atoms with E-state index in [1.165, 1.54) is 0 Å². The minimum atomic E-state index is -0.352. The van der Waals surface area contributed by atoms with E-state index in [1.54, 1.807) is 7.11 Å². The summed E-state index contributed by atoms with van der Waals surface area (Å²) in [6.45, 7) is 9.75. The lowest BCUT2D eigenvalue weighted by Crippen LogP contribution is -2.55. The summed E-state index contributed by atoms with van der Waals surface area (Å²) in [6, 6.07) is 0. The van der Waals surface area contributed by atoms with Crippen LogP contribution in [0.25, 0.3) is 0 Å². The van der Waals surface area contributed by atoms with E-state index in [2.05, 4.69) is 18.7 Å². The van der Waals surface area contributed by atoms with Crippen molar-refractivity contribution < 1.29 is 9.53 Å². The van der Waals surface area contributed by atoms with Crippen molar-refractivity contribution in [3.05, 3.63) is 0 Å². The third kappa shape index (κ3) is 3.91. The minimum absolute atomic E-state index is 0.242. The smallest absolute Gasteiger partial charge is 0.230 e. The maximum absolute atomic E-state index is 12.6. The molecule has 1 aliphatic heterocycles. The van der Waals surface area contributed by atoms with Crippen LogP contribution in [0.2, 0.25) is 0 Å². The van der Waals surface area contributed by atoms with E-state index in [9.17, 15) is 4.79 Å². The average Bonchev–Trinajstić information content (AvgIpc) is 2.48. The highest BCUT2D eigenvalue weighted by Crippen LogP contribution is 2.28. The zero-order valence-electron chi connectivity index (χ0n) is 12.7. The first-order chi connectivity index (χ1) is 9.13. The molecule has 5 heteroatoms. The Kier molecular flexibility index (Phi) is 6.75. The lowest BCUT2D eigenvalue weighted by atomic mass is 9.81. The summed E-state index contributed by atoms with van der Waals surface area (Å²) < 4.78 is 5.09. The van der Waals surface area contributed by atoms with Crippen molar-refractivity contribution in [3.63, 3.8) is 0 Å². The van der Waals surface area contributed by atoms with Gasteiger partial charge in [0.2, 0.25) is 5.91 Å². The molecule has 0 bridgehead atoms. The number of methoxy groups -OCH3 is 1. The zero-order chi connectivity index (χ0) is 14.3. The number of hydrogen-bond donors (Lipinski definition) is 1. The van der Waals surface area contributed by atoms with E-state index in [-0.39, 0.29) is 11.3 Å². The monoisotopic (exact) mass is 271 g/mol. The predicted octanol–water partition coefficient (Wildman–Crippen LogP) is 0.542. The van der Waals surface area contributed by atoms with Crippen molar-refractivity contribution in [2.75, 3.05) is 53.0 Å². The number of amides is 1. The Morgan fingerprint density at radius 2 is 1.79 bits per heavy atom. The minimum Gasteiger partial charge on any atom is -0.383 e. The van der Waals surface area contributed by atoms with Crippen LogP contribution < -0.4 is 5.73 Å². The molecule has 1 rings (SSSR count). The summed E-state index contributed by atoms with van der Waals surface area (Å²) in [5.74, 6) is 0.242. The first kappa shape index (κ1) is 16.4. The van der Waals surface area contributed by atoms with Gasteiger partial charge in [-0.05, 0) is 12.8 Å². The Bertz CT molecular complexity index is 264. The topological polar surface area (TPSA) is 58.8 Å². The molecule has 0 aliphatic carbocycles. The van der Waals surface area contributed by atoms with Crippen molar-refractivity contribution >= 4 is 5.91 Å². The lowest BCUT2D eigenvalue weighted by Gasteiger charge is -2.40. The van der Waals surface area contributed by atoms with E-state index >= 15 is 0 Å². The molecule has 1 amide bonds. The van der Waals surface area contributed by atoms with Gasteiger partial charge in [0.25, 0.3) is 0 Å². The second kappa shape index (κ2) is 7.82. The molecule has 2 N–H and O–H groups in total. The van der Waals surface area contributed by atoms with Gasteiger partial charge in [-0.3, -0.25) is 9.69 Å². The summed E-state index contributed by atoms with van der Waals surface area (Å²) in [5.41, 5.74) is 5.50. The predicted molar refractivity (Wildman–Crippen MR) is 77.0 cm³/mol. The number of rotatable bonds is 7. The molecule has 5 nitrogen and oxygen atoms in total. The lowest BCUT2D eigenvalue weighted by molar-refractivity contribution is -0.144. The number of ether oxygens (including phenoxy) is 1. The summed E-state index contributed by atoms with van der Waals surface area (Å²) in [5, 5.41) is 0. The fourth-order valence-electron chi connectivity index (χ4n) is 2.66. The number of carbonyl (C=O) groups excluding carboxylic acids is 1. The van der Waals surface area contributed by atoms with E-state index in [0.717, 1.165) is 52.2 Å². The second-order valence-electron chi connectivity index (χ2n) is 5.32. The van der Waals surface area contributed by atoms with Gasteiger partial charge in [0.05, 0.1) is 12.0 Å². The molecule has 1 fully saturated rings. The highest BCUT2D eigenvalue weighted by Gasteiger charge is 2.37. The zero-order valence-corrected chi connectivity index (χ0v) is 12.7. The van der Waals surface area contributed by atoms with Crippen LogP contribution in [0.5, 0.6) is 0 Å². The third-order valence-electron chi connectivity index (χ3n) is 4.47. The van der Waals surface area contributed by atoms with E-state index in [0.29, 0.717) is 6.54 Å². The van der Waals surface area contributed by atoms with Gasteiger partial charge in [-0.25, -0.2) is 0 Å². The molecule has 0 radical (unpaired) electrons. The SMILES string of the molecule is CCC(CC)(CN)C(=O)N1CCN(CCOC)CC1. The molecule has 1 saturated heterocycles. The molecular weight excluding hydrogens is 242 g/mol. The molecule has 0 spiro atoms. The summed E-state index contributed by atoms with van der Waals surface area (Å²) in [6.07, 6.45) is 1.64. The van der Waals surface area contributed by atoms with Crippen molar-refractivity contribution in [3.8, 4) is 0 Å². The Balaban J connectivity index is 2.52. The van der Waals surface area contributed by atoms with E-state index in [4.69, 9.17) is 10.5 Å². The highest BCUT2D eigenvalue weighted by atomic mass is 16.5. The van der Waals surface area contributed by atoms with Gasteiger partial charge >= 0.3 is 0 Å². The third-order valence-corrected chi connectivity index (χ3v) is 4.47. The van der Waals surface area contributed by atoms with Gasteiger partial charge < -0.3 is 15.4 Å². The Morgan fingerprint density at radius 1 is 1.21 bits per heavy atom. The van der Waals surface area contributed by atoms with Crippen LogP contribution in [0, 0.1) is 5.41 Å². The molecule has 0 unspecified atom stereocenters. The van der Waals surface area contributed by atoms with Gasteiger partial charge in [0.15, 0.2) is 0 Å².